The first-order valence-electron chi connectivity index (χ1n) is 9.18. The molecule has 0 radical (unpaired) electrons. The van der Waals surface area contributed by atoms with Crippen LogP contribution in [0, 0.1) is 0 Å². The Morgan fingerprint density at radius 1 is 1.22 bits per heavy atom. The summed E-state index contributed by atoms with van der Waals surface area (Å²) in [6, 6.07) is 2.12. The van der Waals surface area contributed by atoms with Gasteiger partial charge in [0.25, 0.3) is 5.91 Å². The van der Waals surface area contributed by atoms with Crippen LogP contribution in [-0.4, -0.2) is 45.8 Å². The Morgan fingerprint density at radius 3 is 2.52 bits per heavy atom. The largest absolute Gasteiger partial charge is 0.344 e. The highest BCUT2D eigenvalue weighted by Crippen LogP contribution is 2.30. The molecule has 1 aliphatic carbocycles. The van der Waals surface area contributed by atoms with Crippen LogP contribution in [-0.2, 0) is 0 Å². The fourth-order valence-corrected chi connectivity index (χ4v) is 3.97. The molecule has 2 heterocycles. The van der Waals surface area contributed by atoms with Crippen LogP contribution in [0.25, 0.3) is 0 Å². The first kappa shape index (κ1) is 16.5. The van der Waals surface area contributed by atoms with Gasteiger partial charge < -0.3 is 10.2 Å². The van der Waals surface area contributed by atoms with E-state index < -0.39 is 0 Å². The third-order valence-electron chi connectivity index (χ3n) is 5.28. The van der Waals surface area contributed by atoms with Crippen molar-refractivity contribution in [2.24, 2.45) is 0 Å². The van der Waals surface area contributed by atoms with Crippen LogP contribution in [0.15, 0.2) is 12.3 Å². The van der Waals surface area contributed by atoms with E-state index >= 15 is 0 Å². The number of hydrogen-bond acceptors (Lipinski definition) is 3. The number of carbonyl (C=O) groups is 1. The van der Waals surface area contributed by atoms with Crippen LogP contribution < -0.4 is 5.32 Å². The summed E-state index contributed by atoms with van der Waals surface area (Å²) in [6.07, 6.45) is 10.4. The van der Waals surface area contributed by atoms with Gasteiger partial charge in [-0.05, 0) is 58.7 Å². The van der Waals surface area contributed by atoms with Gasteiger partial charge >= 0.3 is 0 Å². The molecule has 1 aliphatic heterocycles. The second kappa shape index (κ2) is 7.04. The van der Waals surface area contributed by atoms with E-state index in [1.807, 2.05) is 16.9 Å². The molecule has 2 fully saturated rings. The van der Waals surface area contributed by atoms with Crippen LogP contribution in [0.1, 0.15) is 75.3 Å². The second-order valence-electron chi connectivity index (χ2n) is 7.55. The highest BCUT2D eigenvalue weighted by Gasteiger charge is 2.36. The van der Waals surface area contributed by atoms with Crippen molar-refractivity contribution in [3.05, 3.63) is 18.0 Å². The maximum Gasteiger partial charge on any atom is 0.272 e. The fourth-order valence-electron chi connectivity index (χ4n) is 3.97. The highest BCUT2D eigenvalue weighted by molar-refractivity contribution is 5.92. The number of likely N-dealkylation sites (tertiary alicyclic amines) is 1. The van der Waals surface area contributed by atoms with Crippen molar-refractivity contribution >= 4 is 5.91 Å². The lowest BCUT2D eigenvalue weighted by Gasteiger charge is -2.40. The van der Waals surface area contributed by atoms with Gasteiger partial charge in [0.15, 0.2) is 0 Å². The second-order valence-corrected chi connectivity index (χ2v) is 7.55. The van der Waals surface area contributed by atoms with Crippen molar-refractivity contribution < 1.29 is 4.79 Å². The number of amides is 1. The summed E-state index contributed by atoms with van der Waals surface area (Å²) >= 11 is 0. The SMILES string of the molecule is CC(C)n1ccc(C(=O)NC2(CN3CCCC3)CCCCC2)n1. The number of carbonyl (C=O) groups excluding carboxylic acids is 1. The van der Waals surface area contributed by atoms with Gasteiger partial charge in [0, 0.05) is 18.8 Å². The van der Waals surface area contributed by atoms with Crippen molar-refractivity contribution in [1.82, 2.24) is 20.0 Å². The molecule has 0 atom stereocenters. The van der Waals surface area contributed by atoms with Crippen LogP contribution in [0.2, 0.25) is 0 Å². The average Bonchev–Trinajstić information content (AvgIpc) is 3.18. The molecular formula is C18H30N4O. The fraction of sp³-hybridized carbons (Fsp3) is 0.778. The van der Waals surface area contributed by atoms with Crippen molar-refractivity contribution in [3.8, 4) is 0 Å². The summed E-state index contributed by atoms with van der Waals surface area (Å²) in [5.74, 6) is -0.00880. The minimum absolute atomic E-state index is 0.00880. The molecule has 0 bridgehead atoms. The Bertz CT molecular complexity index is 525. The first-order valence-corrected chi connectivity index (χ1v) is 9.18. The van der Waals surface area contributed by atoms with E-state index in [0.717, 1.165) is 19.4 Å². The molecule has 3 rings (SSSR count). The van der Waals surface area contributed by atoms with Gasteiger partial charge in [-0.1, -0.05) is 19.3 Å². The quantitative estimate of drug-likeness (QED) is 0.908. The lowest BCUT2D eigenvalue weighted by Crippen LogP contribution is -2.56. The van der Waals surface area contributed by atoms with Crippen LogP contribution in [0.3, 0.4) is 0 Å². The Hall–Kier alpha value is -1.36. The molecule has 2 aliphatic rings. The van der Waals surface area contributed by atoms with Crippen LogP contribution >= 0.6 is 0 Å². The van der Waals surface area contributed by atoms with E-state index in [9.17, 15) is 4.79 Å². The lowest BCUT2D eigenvalue weighted by molar-refractivity contribution is 0.0816. The van der Waals surface area contributed by atoms with Crippen molar-refractivity contribution in [3.63, 3.8) is 0 Å². The Balaban J connectivity index is 1.70. The number of nitrogens with zero attached hydrogens (tertiary/aromatic N) is 3. The van der Waals surface area contributed by atoms with E-state index in [1.165, 1.54) is 45.2 Å². The van der Waals surface area contributed by atoms with Gasteiger partial charge in [-0.15, -0.1) is 0 Å². The predicted molar refractivity (Wildman–Crippen MR) is 91.6 cm³/mol. The number of nitrogens with one attached hydrogen (secondary N) is 1. The highest BCUT2D eigenvalue weighted by atomic mass is 16.2. The molecule has 1 N–H and O–H groups in total. The van der Waals surface area contributed by atoms with E-state index in [1.54, 1.807) is 0 Å². The van der Waals surface area contributed by atoms with E-state index in [-0.39, 0.29) is 17.5 Å². The van der Waals surface area contributed by atoms with Gasteiger partial charge in [-0.2, -0.15) is 5.10 Å². The topological polar surface area (TPSA) is 50.2 Å². The standard InChI is InChI=1S/C18H30N4O/c1-15(2)22-13-8-16(20-22)17(23)19-18(9-4-3-5-10-18)14-21-11-6-7-12-21/h8,13,15H,3-7,9-12,14H2,1-2H3,(H,19,23). The summed E-state index contributed by atoms with van der Waals surface area (Å²) < 4.78 is 1.85. The third kappa shape index (κ3) is 3.94. The van der Waals surface area contributed by atoms with E-state index in [2.05, 4.69) is 29.2 Å². The Kier molecular flexibility index (Phi) is 5.05. The zero-order chi connectivity index (χ0) is 16.3. The lowest BCUT2D eigenvalue weighted by atomic mass is 9.81. The maximum atomic E-state index is 12.7. The molecule has 23 heavy (non-hydrogen) atoms. The van der Waals surface area contributed by atoms with Gasteiger partial charge in [0.05, 0.1) is 5.54 Å². The smallest absolute Gasteiger partial charge is 0.272 e. The average molecular weight is 318 g/mol. The number of rotatable bonds is 5. The van der Waals surface area contributed by atoms with Crippen LogP contribution in [0.5, 0.6) is 0 Å². The van der Waals surface area contributed by atoms with Gasteiger partial charge in [-0.3, -0.25) is 9.48 Å². The zero-order valence-corrected chi connectivity index (χ0v) is 14.6. The minimum Gasteiger partial charge on any atom is -0.344 e. The van der Waals surface area contributed by atoms with E-state index in [0.29, 0.717) is 5.69 Å². The van der Waals surface area contributed by atoms with Gasteiger partial charge in [-0.25, -0.2) is 0 Å². The van der Waals surface area contributed by atoms with Gasteiger partial charge in [0.2, 0.25) is 0 Å². The molecular weight excluding hydrogens is 288 g/mol. The van der Waals surface area contributed by atoms with Crippen LogP contribution in [0.4, 0.5) is 0 Å². The van der Waals surface area contributed by atoms with Crippen molar-refractivity contribution in [1.29, 1.82) is 0 Å². The maximum absolute atomic E-state index is 12.7. The van der Waals surface area contributed by atoms with Gasteiger partial charge in [0.1, 0.15) is 5.69 Å². The first-order chi connectivity index (χ1) is 11.1. The van der Waals surface area contributed by atoms with Crippen molar-refractivity contribution in [2.75, 3.05) is 19.6 Å². The molecule has 1 saturated heterocycles. The predicted octanol–water partition coefficient (Wildman–Crippen LogP) is 2.99. The molecule has 0 aromatic carbocycles. The summed E-state index contributed by atoms with van der Waals surface area (Å²) in [5, 5.41) is 7.80. The van der Waals surface area contributed by atoms with E-state index in [4.69, 9.17) is 0 Å². The minimum atomic E-state index is -0.0543. The monoisotopic (exact) mass is 318 g/mol. The summed E-state index contributed by atoms with van der Waals surface area (Å²) in [7, 11) is 0. The molecule has 1 saturated carbocycles. The molecule has 0 spiro atoms. The van der Waals surface area contributed by atoms with Crippen molar-refractivity contribution in [2.45, 2.75) is 70.4 Å². The normalized spacial score (nSPS) is 21.7. The Labute approximate surface area is 139 Å². The molecule has 1 aromatic heterocycles. The third-order valence-corrected chi connectivity index (χ3v) is 5.28. The summed E-state index contributed by atoms with van der Waals surface area (Å²) in [4.78, 5) is 15.2. The number of aromatic nitrogens is 2. The Morgan fingerprint density at radius 2 is 1.91 bits per heavy atom. The molecule has 5 heteroatoms. The molecule has 1 aromatic rings. The molecule has 1 amide bonds. The summed E-state index contributed by atoms with van der Waals surface area (Å²) in [6.45, 7) is 7.51. The molecule has 0 unspecified atom stereocenters. The molecule has 5 nitrogen and oxygen atoms in total. The molecule has 128 valence electrons. The number of hydrogen-bond donors (Lipinski definition) is 1. The zero-order valence-electron chi connectivity index (χ0n) is 14.6. The summed E-state index contributed by atoms with van der Waals surface area (Å²) in [5.41, 5.74) is 0.492.